The molecule has 8 aliphatic rings. The van der Waals surface area contributed by atoms with Crippen LogP contribution in [-0.2, 0) is 10.8 Å². The van der Waals surface area contributed by atoms with Gasteiger partial charge in [-0.3, -0.25) is 0 Å². The van der Waals surface area contributed by atoms with E-state index in [9.17, 15) is 0 Å². The Hall–Kier alpha value is -2.60. The zero-order valence-electron chi connectivity index (χ0n) is 27.9. The van der Waals surface area contributed by atoms with E-state index in [4.69, 9.17) is 0 Å². The van der Waals surface area contributed by atoms with Crippen molar-refractivity contribution in [3.05, 3.63) is 94.1 Å². The van der Waals surface area contributed by atoms with Crippen molar-refractivity contribution in [2.75, 3.05) is 0 Å². The van der Waals surface area contributed by atoms with Gasteiger partial charge in [0.1, 0.15) is 0 Å². The Labute approximate surface area is 267 Å². The monoisotopic (exact) mass is 582 g/mol. The lowest BCUT2D eigenvalue weighted by Gasteiger charge is -2.74. The molecule has 44 heavy (non-hydrogen) atoms. The number of allylic oxidation sites excluding steroid dienone is 4. The fraction of sp³-hybridized carbons (Fsp3) is 0.545. The second-order valence-electron chi connectivity index (χ2n) is 16.7. The predicted molar refractivity (Wildman–Crippen MR) is 189 cm³/mol. The minimum Gasteiger partial charge on any atom is -0.0870 e. The third-order valence-electron chi connectivity index (χ3n) is 14.0. The van der Waals surface area contributed by atoms with Crippen molar-refractivity contribution in [1.29, 1.82) is 0 Å². The van der Waals surface area contributed by atoms with Crippen LogP contribution in [0.4, 0.5) is 0 Å². The van der Waals surface area contributed by atoms with Crippen LogP contribution in [0.5, 0.6) is 0 Å². The second-order valence-corrected chi connectivity index (χ2v) is 16.7. The molecule has 0 amide bonds. The minimum atomic E-state index is 0.387. The summed E-state index contributed by atoms with van der Waals surface area (Å²) in [5, 5.41) is 0. The lowest BCUT2D eigenvalue weighted by molar-refractivity contribution is -0.212. The lowest BCUT2D eigenvalue weighted by atomic mass is 9.30. The van der Waals surface area contributed by atoms with Crippen molar-refractivity contribution < 1.29 is 0 Å². The van der Waals surface area contributed by atoms with Gasteiger partial charge >= 0.3 is 0 Å². The molecular formula is C44H54. The summed E-state index contributed by atoms with van der Waals surface area (Å²) in [5.74, 6) is 3.73. The number of hydrogen-bond donors (Lipinski definition) is 0. The number of benzene rings is 2. The molecule has 0 nitrogen and oxygen atoms in total. The van der Waals surface area contributed by atoms with Crippen LogP contribution in [0.2, 0.25) is 0 Å². The summed E-state index contributed by atoms with van der Waals surface area (Å²) in [5.41, 5.74) is 10.8. The second kappa shape index (κ2) is 10.5. The Balaban J connectivity index is 1.20. The standard InChI is InChI=1S/C44H54/c1-5-9-35-13-15-39(19-37(35)11-7-3)41-21-31-17-32(22-41)26-43(25-31,29-41)44-27-33-18-34(28-44)24-42(23-33,30-44)40-16-14-36(10-6-2)38(20-40)12-8-4/h5-16,19-20,31-34H,17-18,21-30H2,1-4H3. The highest BCUT2D eigenvalue weighted by atomic mass is 14.7. The summed E-state index contributed by atoms with van der Waals surface area (Å²) in [6, 6.07) is 15.2. The van der Waals surface area contributed by atoms with Gasteiger partial charge in [0, 0.05) is 0 Å². The van der Waals surface area contributed by atoms with Crippen molar-refractivity contribution >= 4 is 24.3 Å². The first kappa shape index (κ1) is 28.8. The molecule has 8 bridgehead atoms. The van der Waals surface area contributed by atoms with Crippen molar-refractivity contribution in [2.45, 2.75) is 116 Å². The Morgan fingerprint density at radius 2 is 0.795 bits per heavy atom. The highest BCUT2D eigenvalue weighted by Gasteiger charge is 2.70. The van der Waals surface area contributed by atoms with E-state index in [1.165, 1.54) is 99.3 Å². The van der Waals surface area contributed by atoms with Gasteiger partial charge in [-0.15, -0.1) is 0 Å². The summed E-state index contributed by atoms with van der Waals surface area (Å²) in [4.78, 5) is 0. The molecule has 0 aliphatic heterocycles. The largest absolute Gasteiger partial charge is 0.0870 e. The van der Waals surface area contributed by atoms with Crippen molar-refractivity contribution in [1.82, 2.24) is 0 Å². The van der Waals surface area contributed by atoms with Crippen molar-refractivity contribution in [3.63, 3.8) is 0 Å². The first-order valence-electron chi connectivity index (χ1n) is 18.2. The SMILES string of the molecule is CC=Cc1ccc(C23CC4CC(C2)CC(C25CC6CC(CC(c7ccc(C=CC)c(C=CC)c7)(C6)C2)C5)(C4)C3)cc1C=CC. The van der Waals surface area contributed by atoms with Gasteiger partial charge in [-0.1, -0.05) is 85.0 Å². The van der Waals surface area contributed by atoms with Crippen LogP contribution >= 0.6 is 0 Å². The van der Waals surface area contributed by atoms with Crippen LogP contribution in [0, 0.1) is 34.5 Å². The van der Waals surface area contributed by atoms with Gasteiger partial charge in [0.15, 0.2) is 0 Å². The van der Waals surface area contributed by atoms with E-state index in [1.54, 1.807) is 11.1 Å². The molecule has 0 heteroatoms. The molecule has 8 fully saturated rings. The van der Waals surface area contributed by atoms with E-state index in [0.717, 1.165) is 23.7 Å². The van der Waals surface area contributed by atoms with Crippen LogP contribution in [0.15, 0.2) is 60.7 Å². The summed E-state index contributed by atoms with van der Waals surface area (Å²) < 4.78 is 0. The van der Waals surface area contributed by atoms with E-state index in [-0.39, 0.29) is 0 Å². The van der Waals surface area contributed by atoms with Crippen LogP contribution in [0.1, 0.15) is 138 Å². The average Bonchev–Trinajstić information content (AvgIpc) is 2.98. The Kier molecular flexibility index (Phi) is 6.86. The molecule has 0 N–H and O–H groups in total. The molecule has 0 saturated heterocycles. The molecule has 8 saturated carbocycles. The normalized spacial score (nSPS) is 40.5. The molecule has 4 unspecified atom stereocenters. The fourth-order valence-corrected chi connectivity index (χ4v) is 13.6. The molecular weight excluding hydrogens is 528 g/mol. The van der Waals surface area contributed by atoms with Crippen molar-refractivity contribution in [2.24, 2.45) is 34.5 Å². The van der Waals surface area contributed by atoms with E-state index in [1.807, 2.05) is 0 Å². The Bertz CT molecular complexity index is 1410. The topological polar surface area (TPSA) is 0 Å². The zero-order valence-corrected chi connectivity index (χ0v) is 27.9. The molecule has 0 heterocycles. The third-order valence-corrected chi connectivity index (χ3v) is 14.0. The maximum Gasteiger partial charge on any atom is -0.00360 e. The Morgan fingerprint density at radius 1 is 0.455 bits per heavy atom. The molecule has 230 valence electrons. The predicted octanol–water partition coefficient (Wildman–Crippen LogP) is 12.2. The summed E-state index contributed by atoms with van der Waals surface area (Å²) in [6.07, 6.45) is 36.0. The third kappa shape index (κ3) is 4.29. The Morgan fingerprint density at radius 3 is 1.14 bits per heavy atom. The van der Waals surface area contributed by atoms with Crippen LogP contribution < -0.4 is 0 Å². The first-order chi connectivity index (χ1) is 21.4. The smallest absolute Gasteiger partial charge is 0.00360 e. The van der Waals surface area contributed by atoms with E-state index in [0.29, 0.717) is 21.7 Å². The minimum absolute atomic E-state index is 0.387. The molecule has 2 aromatic rings. The van der Waals surface area contributed by atoms with E-state index < -0.39 is 0 Å². The van der Waals surface area contributed by atoms with Gasteiger partial charge in [-0.05, 0) is 183 Å². The fourth-order valence-electron chi connectivity index (χ4n) is 13.6. The summed E-state index contributed by atoms with van der Waals surface area (Å²) >= 11 is 0. The van der Waals surface area contributed by atoms with Crippen molar-refractivity contribution in [3.8, 4) is 0 Å². The average molecular weight is 583 g/mol. The van der Waals surface area contributed by atoms with Gasteiger partial charge < -0.3 is 0 Å². The highest BCUT2D eigenvalue weighted by Crippen LogP contribution is 2.78. The van der Waals surface area contributed by atoms with Gasteiger partial charge in [-0.25, -0.2) is 0 Å². The lowest BCUT2D eigenvalue weighted by Crippen LogP contribution is -2.66. The first-order valence-corrected chi connectivity index (χ1v) is 18.2. The van der Waals surface area contributed by atoms with E-state index in [2.05, 4.69) is 113 Å². The van der Waals surface area contributed by atoms with Crippen LogP contribution in [0.25, 0.3) is 24.3 Å². The molecule has 0 spiro atoms. The maximum atomic E-state index is 2.62. The van der Waals surface area contributed by atoms with Crippen LogP contribution in [0.3, 0.4) is 0 Å². The summed E-state index contributed by atoms with van der Waals surface area (Å²) in [7, 11) is 0. The molecule has 0 aromatic heterocycles. The highest BCUT2D eigenvalue weighted by molar-refractivity contribution is 5.67. The quantitative estimate of drug-likeness (QED) is 0.305. The number of hydrogen-bond acceptors (Lipinski definition) is 0. The molecule has 2 aromatic carbocycles. The maximum absolute atomic E-state index is 2.62. The van der Waals surface area contributed by atoms with Crippen LogP contribution in [-0.4, -0.2) is 0 Å². The van der Waals surface area contributed by atoms with Gasteiger partial charge in [-0.2, -0.15) is 0 Å². The molecule has 8 aliphatic carbocycles. The summed E-state index contributed by atoms with van der Waals surface area (Å²) in [6.45, 7) is 8.63. The van der Waals surface area contributed by atoms with E-state index >= 15 is 0 Å². The molecule has 0 radical (unpaired) electrons. The zero-order chi connectivity index (χ0) is 30.2. The molecule has 10 rings (SSSR count). The number of rotatable bonds is 7. The van der Waals surface area contributed by atoms with Gasteiger partial charge in [0.25, 0.3) is 0 Å². The van der Waals surface area contributed by atoms with Gasteiger partial charge in [0.2, 0.25) is 0 Å². The van der Waals surface area contributed by atoms with Gasteiger partial charge in [0.05, 0.1) is 0 Å². The molecule has 4 atom stereocenters.